The topological polar surface area (TPSA) is 40.6 Å². The minimum absolute atomic E-state index is 0.00259. The van der Waals surface area contributed by atoms with Gasteiger partial charge in [0.2, 0.25) is 11.8 Å². The summed E-state index contributed by atoms with van der Waals surface area (Å²) in [6.45, 7) is 0.837. The fraction of sp³-hybridized carbons (Fsp3) is 0.333. The molecule has 2 aliphatic heterocycles. The summed E-state index contributed by atoms with van der Waals surface area (Å²) in [6.07, 6.45) is 4.20. The van der Waals surface area contributed by atoms with E-state index in [1.54, 1.807) is 4.90 Å². The molecule has 0 radical (unpaired) electrons. The predicted molar refractivity (Wildman–Crippen MR) is 98.8 cm³/mol. The van der Waals surface area contributed by atoms with Crippen LogP contribution in [0.1, 0.15) is 30.4 Å². The van der Waals surface area contributed by atoms with Gasteiger partial charge in [-0.1, -0.05) is 36.4 Å². The number of rotatable bonds is 2. The second-order valence-corrected chi connectivity index (χ2v) is 6.74. The maximum atomic E-state index is 13.0. The molecular weight excluding hydrogens is 312 g/mol. The van der Waals surface area contributed by atoms with Gasteiger partial charge in [0.05, 0.1) is 0 Å². The maximum Gasteiger partial charge on any atom is 0.247 e. The minimum Gasteiger partial charge on any atom is -0.311 e. The molecular formula is C21H22N2O2. The highest BCUT2D eigenvalue weighted by Gasteiger charge is 2.28. The van der Waals surface area contributed by atoms with E-state index in [-0.39, 0.29) is 18.4 Å². The molecule has 0 unspecified atom stereocenters. The van der Waals surface area contributed by atoms with Crippen LogP contribution in [0, 0.1) is 0 Å². The van der Waals surface area contributed by atoms with Crippen LogP contribution in [-0.4, -0.2) is 24.9 Å². The third-order valence-electron chi connectivity index (χ3n) is 5.12. The number of para-hydroxylation sites is 2. The zero-order chi connectivity index (χ0) is 17.2. The first-order chi connectivity index (χ1) is 12.2. The van der Waals surface area contributed by atoms with Crippen LogP contribution in [0.3, 0.4) is 0 Å². The summed E-state index contributed by atoms with van der Waals surface area (Å²) in [4.78, 5) is 29.2. The largest absolute Gasteiger partial charge is 0.311 e. The molecule has 0 saturated heterocycles. The van der Waals surface area contributed by atoms with Crippen molar-refractivity contribution >= 4 is 23.2 Å². The number of fused-ring (bicyclic) bond motifs is 2. The molecule has 2 amide bonds. The van der Waals surface area contributed by atoms with Crippen molar-refractivity contribution in [3.63, 3.8) is 0 Å². The Morgan fingerprint density at radius 1 is 0.840 bits per heavy atom. The standard InChI is InChI=1S/C21H22N2O2/c24-20-13-5-9-16-7-2-4-12-19(16)23(20)15-21(25)22-14-6-10-17-8-1-3-11-18(17)22/h1-4,7-8,11-12H,5-6,9-10,13-15H2. The molecule has 2 aromatic carbocycles. The molecule has 4 rings (SSSR count). The van der Waals surface area contributed by atoms with Crippen LogP contribution in [0.15, 0.2) is 48.5 Å². The van der Waals surface area contributed by atoms with Crippen LogP contribution in [0.2, 0.25) is 0 Å². The first kappa shape index (κ1) is 15.9. The van der Waals surface area contributed by atoms with E-state index >= 15 is 0 Å². The molecule has 0 aromatic heterocycles. The van der Waals surface area contributed by atoms with E-state index in [4.69, 9.17) is 0 Å². The SMILES string of the molecule is O=C(CN1C(=O)CCCc2ccccc21)N1CCCc2ccccc21. The first-order valence-electron chi connectivity index (χ1n) is 9.00. The molecule has 0 fully saturated rings. The monoisotopic (exact) mass is 334 g/mol. The number of carbonyl (C=O) groups is 2. The van der Waals surface area contributed by atoms with Gasteiger partial charge in [-0.25, -0.2) is 0 Å². The summed E-state index contributed by atoms with van der Waals surface area (Å²) in [5, 5.41) is 0. The van der Waals surface area contributed by atoms with Crippen LogP contribution in [0.4, 0.5) is 11.4 Å². The first-order valence-corrected chi connectivity index (χ1v) is 9.00. The predicted octanol–water partition coefficient (Wildman–Crippen LogP) is 3.34. The number of amides is 2. The van der Waals surface area contributed by atoms with Crippen molar-refractivity contribution in [3.8, 4) is 0 Å². The number of benzene rings is 2. The zero-order valence-corrected chi connectivity index (χ0v) is 14.3. The van der Waals surface area contributed by atoms with Gasteiger partial charge < -0.3 is 9.80 Å². The Morgan fingerprint density at radius 3 is 2.28 bits per heavy atom. The zero-order valence-electron chi connectivity index (χ0n) is 14.3. The molecule has 128 valence electrons. The molecule has 0 spiro atoms. The average molecular weight is 334 g/mol. The molecule has 2 aliphatic rings. The van der Waals surface area contributed by atoms with Gasteiger partial charge in [-0.2, -0.15) is 0 Å². The number of anilines is 2. The van der Waals surface area contributed by atoms with Gasteiger partial charge in [0, 0.05) is 24.3 Å². The smallest absolute Gasteiger partial charge is 0.247 e. The van der Waals surface area contributed by atoms with Crippen molar-refractivity contribution in [3.05, 3.63) is 59.7 Å². The highest BCUT2D eigenvalue weighted by Crippen LogP contribution is 2.29. The van der Waals surface area contributed by atoms with E-state index in [9.17, 15) is 9.59 Å². The molecule has 2 aromatic rings. The molecule has 0 N–H and O–H groups in total. The lowest BCUT2D eigenvalue weighted by Gasteiger charge is -2.32. The fourth-order valence-electron chi connectivity index (χ4n) is 3.87. The van der Waals surface area contributed by atoms with E-state index in [0.717, 1.165) is 49.2 Å². The Morgan fingerprint density at radius 2 is 1.48 bits per heavy atom. The van der Waals surface area contributed by atoms with Gasteiger partial charge in [0.25, 0.3) is 0 Å². The van der Waals surface area contributed by atoms with Gasteiger partial charge in [-0.3, -0.25) is 9.59 Å². The molecule has 2 heterocycles. The van der Waals surface area contributed by atoms with Crippen molar-refractivity contribution < 1.29 is 9.59 Å². The Labute approximate surface area is 148 Å². The third-order valence-corrected chi connectivity index (χ3v) is 5.12. The van der Waals surface area contributed by atoms with Crippen molar-refractivity contribution in [2.45, 2.75) is 32.1 Å². The van der Waals surface area contributed by atoms with Crippen LogP contribution in [0.25, 0.3) is 0 Å². The number of nitrogens with zero attached hydrogens (tertiary/aromatic N) is 2. The lowest BCUT2D eigenvalue weighted by Crippen LogP contribution is -2.44. The van der Waals surface area contributed by atoms with Crippen LogP contribution in [-0.2, 0) is 22.4 Å². The highest BCUT2D eigenvalue weighted by molar-refractivity contribution is 6.04. The van der Waals surface area contributed by atoms with Gasteiger partial charge in [-0.15, -0.1) is 0 Å². The van der Waals surface area contributed by atoms with Gasteiger partial charge in [0.15, 0.2) is 0 Å². The second-order valence-electron chi connectivity index (χ2n) is 6.74. The van der Waals surface area contributed by atoms with Crippen LogP contribution >= 0.6 is 0 Å². The average Bonchev–Trinajstić information content (AvgIpc) is 2.80. The van der Waals surface area contributed by atoms with Crippen LogP contribution < -0.4 is 9.80 Å². The number of hydrogen-bond donors (Lipinski definition) is 0. The second kappa shape index (κ2) is 6.71. The lowest BCUT2D eigenvalue weighted by molar-refractivity contribution is -0.122. The van der Waals surface area contributed by atoms with Crippen LogP contribution in [0.5, 0.6) is 0 Å². The Kier molecular flexibility index (Phi) is 4.26. The van der Waals surface area contributed by atoms with E-state index in [2.05, 4.69) is 12.1 Å². The van der Waals surface area contributed by atoms with Crippen molar-refractivity contribution in [2.24, 2.45) is 0 Å². The maximum absolute atomic E-state index is 13.0. The quantitative estimate of drug-likeness (QED) is 0.845. The van der Waals surface area contributed by atoms with Gasteiger partial charge in [0.1, 0.15) is 6.54 Å². The molecule has 4 nitrogen and oxygen atoms in total. The van der Waals surface area contributed by atoms with Crippen molar-refractivity contribution in [2.75, 3.05) is 22.9 Å². The van der Waals surface area contributed by atoms with Gasteiger partial charge in [-0.05, 0) is 48.9 Å². The fourth-order valence-corrected chi connectivity index (χ4v) is 3.87. The molecule has 0 bridgehead atoms. The van der Waals surface area contributed by atoms with Crippen molar-refractivity contribution in [1.82, 2.24) is 0 Å². The highest BCUT2D eigenvalue weighted by atomic mass is 16.2. The van der Waals surface area contributed by atoms with E-state index in [1.165, 1.54) is 5.56 Å². The molecule has 25 heavy (non-hydrogen) atoms. The van der Waals surface area contributed by atoms with E-state index in [1.807, 2.05) is 41.3 Å². The summed E-state index contributed by atoms with van der Waals surface area (Å²) in [5.41, 5.74) is 4.25. The Bertz CT molecular complexity index is 815. The van der Waals surface area contributed by atoms with Crippen molar-refractivity contribution in [1.29, 1.82) is 0 Å². The molecule has 0 atom stereocenters. The van der Waals surface area contributed by atoms with Gasteiger partial charge >= 0.3 is 0 Å². The minimum atomic E-state index is -0.00259. The summed E-state index contributed by atoms with van der Waals surface area (Å²) in [5.74, 6) is 0.0424. The number of aryl methyl sites for hydroxylation is 2. The third kappa shape index (κ3) is 3.04. The molecule has 0 saturated carbocycles. The van der Waals surface area contributed by atoms with E-state index in [0.29, 0.717) is 6.42 Å². The Hall–Kier alpha value is -2.62. The summed E-state index contributed by atoms with van der Waals surface area (Å²) in [6, 6.07) is 16.0. The molecule has 4 heteroatoms. The van der Waals surface area contributed by atoms with E-state index < -0.39 is 0 Å². The summed E-state index contributed by atoms with van der Waals surface area (Å²) >= 11 is 0. The number of hydrogen-bond acceptors (Lipinski definition) is 2. The Balaban J connectivity index is 1.62. The normalized spacial score (nSPS) is 16.9. The lowest BCUT2D eigenvalue weighted by atomic mass is 10.0. The number of carbonyl (C=O) groups excluding carboxylic acids is 2. The molecule has 0 aliphatic carbocycles. The summed E-state index contributed by atoms with van der Waals surface area (Å²) < 4.78 is 0. The summed E-state index contributed by atoms with van der Waals surface area (Å²) in [7, 11) is 0.